The third-order valence-electron chi connectivity index (χ3n) is 2.57. The number of methoxy groups -OCH3 is 2. The SMILES string of the molecule is COCCOCCOCc1ccc(C(=O)O)c(OC)c1. The van der Waals surface area contributed by atoms with E-state index in [1.54, 1.807) is 19.2 Å². The zero-order valence-corrected chi connectivity index (χ0v) is 11.8. The average Bonchev–Trinajstić information content (AvgIpc) is 2.45. The molecule has 0 spiro atoms. The molecule has 0 saturated carbocycles. The second kappa shape index (κ2) is 9.30. The van der Waals surface area contributed by atoms with Gasteiger partial charge in [-0.1, -0.05) is 6.07 Å². The normalized spacial score (nSPS) is 10.5. The Bertz CT molecular complexity index is 418. The van der Waals surface area contributed by atoms with Crippen molar-refractivity contribution < 1.29 is 28.8 Å². The Morgan fingerprint density at radius 2 is 1.80 bits per heavy atom. The summed E-state index contributed by atoms with van der Waals surface area (Å²) in [7, 11) is 3.06. The van der Waals surface area contributed by atoms with Crippen LogP contribution < -0.4 is 4.74 Å². The molecule has 0 bridgehead atoms. The molecular formula is C14H20O6. The second-order valence-electron chi connectivity index (χ2n) is 4.00. The Balaban J connectivity index is 2.35. The van der Waals surface area contributed by atoms with Crippen LogP contribution in [-0.4, -0.2) is 51.7 Å². The first-order valence-corrected chi connectivity index (χ1v) is 6.23. The van der Waals surface area contributed by atoms with Crippen molar-refractivity contribution in [1.82, 2.24) is 0 Å². The first-order chi connectivity index (χ1) is 9.69. The smallest absolute Gasteiger partial charge is 0.339 e. The van der Waals surface area contributed by atoms with Crippen molar-refractivity contribution >= 4 is 5.97 Å². The van der Waals surface area contributed by atoms with Crippen molar-refractivity contribution in [3.05, 3.63) is 29.3 Å². The highest BCUT2D eigenvalue weighted by atomic mass is 16.5. The van der Waals surface area contributed by atoms with E-state index in [2.05, 4.69) is 0 Å². The molecule has 0 aromatic heterocycles. The van der Waals surface area contributed by atoms with Crippen LogP contribution in [0.5, 0.6) is 5.75 Å². The van der Waals surface area contributed by atoms with E-state index in [1.165, 1.54) is 13.2 Å². The lowest BCUT2D eigenvalue weighted by molar-refractivity contribution is 0.0199. The summed E-state index contributed by atoms with van der Waals surface area (Å²) in [5, 5.41) is 8.97. The molecule has 20 heavy (non-hydrogen) atoms. The third-order valence-corrected chi connectivity index (χ3v) is 2.57. The molecule has 0 atom stereocenters. The van der Waals surface area contributed by atoms with Crippen molar-refractivity contribution in [2.24, 2.45) is 0 Å². The number of carboxylic acids is 1. The van der Waals surface area contributed by atoms with Crippen LogP contribution in [0.2, 0.25) is 0 Å². The zero-order valence-electron chi connectivity index (χ0n) is 11.8. The van der Waals surface area contributed by atoms with E-state index in [9.17, 15) is 4.79 Å². The topological polar surface area (TPSA) is 74.2 Å². The molecule has 1 N–H and O–H groups in total. The molecule has 0 aliphatic carbocycles. The number of hydrogen-bond acceptors (Lipinski definition) is 5. The van der Waals surface area contributed by atoms with Gasteiger partial charge in [0.25, 0.3) is 0 Å². The average molecular weight is 284 g/mol. The summed E-state index contributed by atoms with van der Waals surface area (Å²) in [6, 6.07) is 4.88. The minimum absolute atomic E-state index is 0.138. The molecule has 6 heteroatoms. The van der Waals surface area contributed by atoms with E-state index in [1.807, 2.05) is 0 Å². The van der Waals surface area contributed by atoms with Gasteiger partial charge in [0, 0.05) is 7.11 Å². The molecule has 0 saturated heterocycles. The molecule has 0 heterocycles. The molecule has 0 fully saturated rings. The van der Waals surface area contributed by atoms with E-state index in [0.29, 0.717) is 38.8 Å². The van der Waals surface area contributed by atoms with E-state index < -0.39 is 5.97 Å². The van der Waals surface area contributed by atoms with Gasteiger partial charge in [0.1, 0.15) is 11.3 Å². The van der Waals surface area contributed by atoms with Crippen molar-refractivity contribution in [2.45, 2.75) is 6.61 Å². The summed E-state index contributed by atoms with van der Waals surface area (Å²) in [6.07, 6.45) is 0. The summed E-state index contributed by atoms with van der Waals surface area (Å²) in [5.74, 6) is -0.684. The van der Waals surface area contributed by atoms with Crippen LogP contribution in [0.4, 0.5) is 0 Å². The Labute approximate surface area is 118 Å². The van der Waals surface area contributed by atoms with Gasteiger partial charge in [-0.15, -0.1) is 0 Å². The fraction of sp³-hybridized carbons (Fsp3) is 0.500. The number of aromatic carboxylic acids is 1. The second-order valence-corrected chi connectivity index (χ2v) is 4.00. The lowest BCUT2D eigenvalue weighted by atomic mass is 10.1. The van der Waals surface area contributed by atoms with Crippen LogP contribution >= 0.6 is 0 Å². The highest BCUT2D eigenvalue weighted by molar-refractivity contribution is 5.90. The van der Waals surface area contributed by atoms with Gasteiger partial charge in [-0.05, 0) is 17.7 Å². The van der Waals surface area contributed by atoms with Gasteiger partial charge in [0.05, 0.1) is 40.1 Å². The molecule has 112 valence electrons. The van der Waals surface area contributed by atoms with E-state index >= 15 is 0 Å². The Kier molecular flexibility index (Phi) is 7.64. The molecule has 0 unspecified atom stereocenters. The number of carboxylic acid groups (broad SMARTS) is 1. The maximum absolute atomic E-state index is 10.9. The van der Waals surface area contributed by atoms with Gasteiger partial charge in [-0.3, -0.25) is 0 Å². The van der Waals surface area contributed by atoms with Crippen LogP contribution in [0, 0.1) is 0 Å². The molecule has 6 nitrogen and oxygen atoms in total. The van der Waals surface area contributed by atoms with Gasteiger partial charge in [0.2, 0.25) is 0 Å². The lowest BCUT2D eigenvalue weighted by Gasteiger charge is -2.09. The Morgan fingerprint density at radius 1 is 1.10 bits per heavy atom. The van der Waals surface area contributed by atoms with Gasteiger partial charge in [-0.25, -0.2) is 4.79 Å². The fourth-order valence-corrected chi connectivity index (χ4v) is 1.55. The Morgan fingerprint density at radius 3 is 2.45 bits per heavy atom. The minimum Gasteiger partial charge on any atom is -0.496 e. The number of ether oxygens (including phenoxy) is 4. The number of carbonyl (C=O) groups is 1. The van der Waals surface area contributed by atoms with E-state index in [0.717, 1.165) is 5.56 Å². The monoisotopic (exact) mass is 284 g/mol. The molecule has 0 radical (unpaired) electrons. The third kappa shape index (κ3) is 5.56. The summed E-state index contributed by atoms with van der Waals surface area (Å²) >= 11 is 0. The summed E-state index contributed by atoms with van der Waals surface area (Å²) in [4.78, 5) is 10.9. The fourth-order valence-electron chi connectivity index (χ4n) is 1.55. The predicted octanol–water partition coefficient (Wildman–Crippen LogP) is 1.57. The van der Waals surface area contributed by atoms with Gasteiger partial charge >= 0.3 is 5.97 Å². The summed E-state index contributed by atoms with van der Waals surface area (Å²) in [6.45, 7) is 2.44. The van der Waals surface area contributed by atoms with Crippen LogP contribution in [0.15, 0.2) is 18.2 Å². The highest BCUT2D eigenvalue weighted by Crippen LogP contribution is 2.20. The number of benzene rings is 1. The van der Waals surface area contributed by atoms with Crippen molar-refractivity contribution in [2.75, 3.05) is 40.6 Å². The largest absolute Gasteiger partial charge is 0.496 e. The van der Waals surface area contributed by atoms with Crippen LogP contribution in [-0.2, 0) is 20.8 Å². The molecule has 0 amide bonds. The molecule has 1 aromatic rings. The van der Waals surface area contributed by atoms with Gasteiger partial charge in [0.15, 0.2) is 0 Å². The van der Waals surface area contributed by atoms with Crippen LogP contribution in [0.1, 0.15) is 15.9 Å². The molecule has 1 aromatic carbocycles. The first kappa shape index (κ1) is 16.4. The van der Waals surface area contributed by atoms with Crippen molar-refractivity contribution in [3.8, 4) is 5.75 Å². The Hall–Kier alpha value is -1.63. The van der Waals surface area contributed by atoms with Crippen molar-refractivity contribution in [3.63, 3.8) is 0 Å². The molecule has 0 aliphatic rings. The highest BCUT2D eigenvalue weighted by Gasteiger charge is 2.11. The lowest BCUT2D eigenvalue weighted by Crippen LogP contribution is -2.08. The van der Waals surface area contributed by atoms with Crippen LogP contribution in [0.25, 0.3) is 0 Å². The summed E-state index contributed by atoms with van der Waals surface area (Å²) in [5.41, 5.74) is 0.989. The zero-order chi connectivity index (χ0) is 14.8. The van der Waals surface area contributed by atoms with Crippen molar-refractivity contribution in [1.29, 1.82) is 0 Å². The molecule has 0 aliphatic heterocycles. The summed E-state index contributed by atoms with van der Waals surface area (Å²) < 4.78 is 20.6. The maximum Gasteiger partial charge on any atom is 0.339 e. The van der Waals surface area contributed by atoms with Gasteiger partial charge < -0.3 is 24.1 Å². The van der Waals surface area contributed by atoms with Crippen LogP contribution in [0.3, 0.4) is 0 Å². The van der Waals surface area contributed by atoms with Gasteiger partial charge in [-0.2, -0.15) is 0 Å². The number of hydrogen-bond donors (Lipinski definition) is 1. The standard InChI is InChI=1S/C14H20O6/c1-17-5-6-19-7-8-20-10-11-3-4-12(14(15)16)13(9-11)18-2/h3-4,9H,5-8,10H2,1-2H3,(H,15,16). The number of rotatable bonds is 10. The van der Waals surface area contributed by atoms with E-state index in [4.69, 9.17) is 24.1 Å². The maximum atomic E-state index is 10.9. The van der Waals surface area contributed by atoms with E-state index in [-0.39, 0.29) is 5.56 Å². The predicted molar refractivity (Wildman–Crippen MR) is 72.3 cm³/mol. The molecular weight excluding hydrogens is 264 g/mol. The first-order valence-electron chi connectivity index (χ1n) is 6.23. The molecule has 1 rings (SSSR count). The quantitative estimate of drug-likeness (QED) is 0.657. The minimum atomic E-state index is -1.01.